The van der Waals surface area contributed by atoms with Crippen LogP contribution in [0.25, 0.3) is 20.8 Å². The molecule has 1 amide bonds. The number of anilines is 1. The Balaban J connectivity index is 1.36. The molecular formula is C28H22BrN3OS2. The number of thiazole rings is 1. The van der Waals surface area contributed by atoms with Crippen LogP contribution < -0.4 is 5.32 Å². The van der Waals surface area contributed by atoms with Crippen molar-refractivity contribution in [3.63, 3.8) is 0 Å². The van der Waals surface area contributed by atoms with Crippen molar-refractivity contribution in [3.8, 4) is 10.6 Å². The second-order valence-electron chi connectivity index (χ2n) is 8.60. The summed E-state index contributed by atoms with van der Waals surface area (Å²) < 4.78 is 2.11. The summed E-state index contributed by atoms with van der Waals surface area (Å²) in [6.07, 6.45) is 0.943. The van der Waals surface area contributed by atoms with Crippen molar-refractivity contribution < 1.29 is 4.79 Å². The number of hydrogen-bond donors (Lipinski definition) is 1. The number of aromatic nitrogens is 1. The standard InChI is InChI=1S/C28H22BrN3OS2/c29-20-12-10-19(11-13-20)26(33)31-28-25(27-30-22-8-4-5-9-23(22)34-27)21-14-15-32(17-24(21)35-28)16-18-6-2-1-3-7-18/h1-13H,14-17H2,(H,31,33). The molecule has 3 aromatic carbocycles. The lowest BCUT2D eigenvalue weighted by Crippen LogP contribution is -2.29. The number of nitrogens with zero attached hydrogens (tertiary/aromatic N) is 2. The molecule has 4 nitrogen and oxygen atoms in total. The Morgan fingerprint density at radius 1 is 0.971 bits per heavy atom. The molecule has 0 fully saturated rings. The third-order valence-corrected chi connectivity index (χ3v) is 8.94. The van der Waals surface area contributed by atoms with Gasteiger partial charge in [0, 0.05) is 40.1 Å². The number of carbonyl (C=O) groups is 1. The molecule has 0 unspecified atom stereocenters. The van der Waals surface area contributed by atoms with E-state index in [0.29, 0.717) is 5.56 Å². The van der Waals surface area contributed by atoms with Gasteiger partial charge in [-0.15, -0.1) is 22.7 Å². The highest BCUT2D eigenvalue weighted by Crippen LogP contribution is 2.46. The van der Waals surface area contributed by atoms with Crippen LogP contribution in [0.1, 0.15) is 26.4 Å². The van der Waals surface area contributed by atoms with Crippen molar-refractivity contribution >= 4 is 59.7 Å². The number of benzene rings is 3. The van der Waals surface area contributed by atoms with Gasteiger partial charge >= 0.3 is 0 Å². The number of nitrogens with one attached hydrogen (secondary N) is 1. The molecule has 35 heavy (non-hydrogen) atoms. The van der Waals surface area contributed by atoms with Crippen molar-refractivity contribution in [2.75, 3.05) is 11.9 Å². The molecule has 0 atom stereocenters. The smallest absolute Gasteiger partial charge is 0.256 e. The fourth-order valence-corrected chi connectivity index (χ4v) is 7.16. The van der Waals surface area contributed by atoms with Crippen molar-refractivity contribution in [3.05, 3.63) is 105 Å². The van der Waals surface area contributed by atoms with Crippen LogP contribution in [0.4, 0.5) is 5.00 Å². The van der Waals surface area contributed by atoms with Gasteiger partial charge in [0.1, 0.15) is 10.0 Å². The summed E-state index contributed by atoms with van der Waals surface area (Å²) in [6, 6.07) is 26.3. The van der Waals surface area contributed by atoms with Crippen LogP contribution in [0.2, 0.25) is 0 Å². The predicted molar refractivity (Wildman–Crippen MR) is 149 cm³/mol. The number of carbonyl (C=O) groups excluding carboxylic acids is 1. The maximum absolute atomic E-state index is 13.2. The molecule has 0 saturated heterocycles. The Labute approximate surface area is 220 Å². The molecule has 1 aliphatic heterocycles. The van der Waals surface area contributed by atoms with E-state index in [9.17, 15) is 4.79 Å². The topological polar surface area (TPSA) is 45.2 Å². The molecule has 3 heterocycles. The number of hydrogen-bond acceptors (Lipinski definition) is 5. The average Bonchev–Trinajstić information content (AvgIpc) is 3.45. The van der Waals surface area contributed by atoms with Gasteiger partial charge in [0.15, 0.2) is 0 Å². The van der Waals surface area contributed by atoms with Crippen LogP contribution in [0.3, 0.4) is 0 Å². The Morgan fingerprint density at radius 3 is 2.54 bits per heavy atom. The first-order chi connectivity index (χ1) is 17.1. The van der Waals surface area contributed by atoms with Gasteiger partial charge in [-0.1, -0.05) is 58.4 Å². The summed E-state index contributed by atoms with van der Waals surface area (Å²) in [7, 11) is 0. The minimum absolute atomic E-state index is 0.0976. The lowest BCUT2D eigenvalue weighted by atomic mass is 10.0. The summed E-state index contributed by atoms with van der Waals surface area (Å²) in [5, 5.41) is 5.09. The number of fused-ring (bicyclic) bond motifs is 2. The maximum Gasteiger partial charge on any atom is 0.256 e. The van der Waals surface area contributed by atoms with Gasteiger partial charge in [-0.05, 0) is 53.9 Å². The summed E-state index contributed by atoms with van der Waals surface area (Å²) in [5.41, 5.74) is 5.38. The van der Waals surface area contributed by atoms with Crippen molar-refractivity contribution in [1.82, 2.24) is 9.88 Å². The minimum atomic E-state index is -0.0976. The fourth-order valence-electron chi connectivity index (χ4n) is 4.50. The predicted octanol–water partition coefficient (Wildman–Crippen LogP) is 7.60. The first-order valence-electron chi connectivity index (χ1n) is 11.5. The van der Waals surface area contributed by atoms with E-state index >= 15 is 0 Å². The van der Waals surface area contributed by atoms with Crippen LogP contribution in [0.15, 0.2) is 83.3 Å². The van der Waals surface area contributed by atoms with Crippen LogP contribution >= 0.6 is 38.6 Å². The summed E-state index contributed by atoms with van der Waals surface area (Å²) in [6.45, 7) is 2.78. The molecular weight excluding hydrogens is 538 g/mol. The van der Waals surface area contributed by atoms with Gasteiger partial charge in [0.25, 0.3) is 5.91 Å². The zero-order chi connectivity index (χ0) is 23.8. The molecule has 1 N–H and O–H groups in total. The molecule has 0 radical (unpaired) electrons. The van der Waals surface area contributed by atoms with Gasteiger partial charge < -0.3 is 5.32 Å². The van der Waals surface area contributed by atoms with Crippen LogP contribution in [-0.2, 0) is 19.5 Å². The average molecular weight is 561 g/mol. The van der Waals surface area contributed by atoms with Gasteiger partial charge in [-0.2, -0.15) is 0 Å². The number of para-hydroxylation sites is 1. The van der Waals surface area contributed by atoms with Crippen LogP contribution in [-0.4, -0.2) is 22.3 Å². The molecule has 5 aromatic rings. The molecule has 0 saturated carbocycles. The van der Waals surface area contributed by atoms with Gasteiger partial charge in [0.2, 0.25) is 0 Å². The number of halogens is 1. The molecule has 6 rings (SSSR count). The van der Waals surface area contributed by atoms with E-state index in [1.54, 1.807) is 22.7 Å². The molecule has 2 aromatic heterocycles. The fraction of sp³-hybridized carbons (Fsp3) is 0.143. The molecule has 174 valence electrons. The highest BCUT2D eigenvalue weighted by Gasteiger charge is 2.28. The number of thiophene rings is 1. The Bertz CT molecular complexity index is 1480. The van der Waals surface area contributed by atoms with Crippen LogP contribution in [0, 0.1) is 0 Å². The van der Waals surface area contributed by atoms with Gasteiger partial charge in [0.05, 0.1) is 10.2 Å². The Morgan fingerprint density at radius 2 is 1.74 bits per heavy atom. The van der Waals surface area contributed by atoms with Gasteiger partial charge in [-0.3, -0.25) is 9.69 Å². The molecule has 0 spiro atoms. The van der Waals surface area contributed by atoms with E-state index in [1.807, 2.05) is 36.4 Å². The highest BCUT2D eigenvalue weighted by atomic mass is 79.9. The summed E-state index contributed by atoms with van der Waals surface area (Å²) in [4.78, 5) is 21.9. The monoisotopic (exact) mass is 559 g/mol. The first kappa shape index (κ1) is 22.6. The lowest BCUT2D eigenvalue weighted by Gasteiger charge is -2.27. The Hall–Kier alpha value is -2.84. The van der Waals surface area contributed by atoms with Gasteiger partial charge in [-0.25, -0.2) is 4.98 Å². The zero-order valence-electron chi connectivity index (χ0n) is 18.8. The minimum Gasteiger partial charge on any atom is -0.313 e. The second-order valence-corrected chi connectivity index (χ2v) is 11.7. The van der Waals surface area contributed by atoms with E-state index in [-0.39, 0.29) is 5.91 Å². The quantitative estimate of drug-likeness (QED) is 0.241. The zero-order valence-corrected chi connectivity index (χ0v) is 22.1. The van der Waals surface area contributed by atoms with E-state index in [4.69, 9.17) is 4.98 Å². The number of rotatable bonds is 5. The molecule has 0 aliphatic carbocycles. The lowest BCUT2D eigenvalue weighted by molar-refractivity contribution is 0.102. The number of amides is 1. The SMILES string of the molecule is O=C(Nc1sc2c(c1-c1nc3ccccc3s1)CCN(Cc1ccccc1)C2)c1ccc(Br)cc1. The van der Waals surface area contributed by atoms with E-state index in [2.05, 4.69) is 68.6 Å². The first-order valence-corrected chi connectivity index (χ1v) is 13.9. The molecule has 0 bridgehead atoms. The summed E-state index contributed by atoms with van der Waals surface area (Å²) >= 11 is 6.83. The van der Waals surface area contributed by atoms with Crippen LogP contribution in [0.5, 0.6) is 0 Å². The maximum atomic E-state index is 13.2. The third-order valence-electron chi connectivity index (χ3n) is 6.23. The summed E-state index contributed by atoms with van der Waals surface area (Å²) in [5.74, 6) is -0.0976. The van der Waals surface area contributed by atoms with Crippen molar-refractivity contribution in [2.24, 2.45) is 0 Å². The van der Waals surface area contributed by atoms with E-state index < -0.39 is 0 Å². The van der Waals surface area contributed by atoms with Crippen molar-refractivity contribution in [1.29, 1.82) is 0 Å². The highest BCUT2D eigenvalue weighted by molar-refractivity contribution is 9.10. The molecule has 1 aliphatic rings. The van der Waals surface area contributed by atoms with E-state index in [0.717, 1.165) is 56.3 Å². The molecule has 7 heteroatoms. The Kier molecular flexibility index (Phi) is 6.24. The van der Waals surface area contributed by atoms with Crippen molar-refractivity contribution in [2.45, 2.75) is 19.5 Å². The largest absolute Gasteiger partial charge is 0.313 e. The third kappa shape index (κ3) is 4.69. The van der Waals surface area contributed by atoms with E-state index in [1.165, 1.54) is 16.0 Å². The second kappa shape index (κ2) is 9.66. The normalized spacial score (nSPS) is 13.6.